The molecule has 0 heterocycles. The van der Waals surface area contributed by atoms with Gasteiger partial charge in [-0.05, 0) is 25.0 Å². The van der Waals surface area contributed by atoms with E-state index in [0.29, 0.717) is 11.3 Å². The number of nitrogens with two attached hydrogens (primary N) is 2. The summed E-state index contributed by atoms with van der Waals surface area (Å²) in [4.78, 5) is 23.5. The van der Waals surface area contributed by atoms with Crippen molar-refractivity contribution in [3.8, 4) is 0 Å². The summed E-state index contributed by atoms with van der Waals surface area (Å²) in [6.45, 7) is 5.49. The summed E-state index contributed by atoms with van der Waals surface area (Å²) in [5, 5.41) is 2.63. The van der Waals surface area contributed by atoms with Crippen molar-refractivity contribution in [1.29, 1.82) is 0 Å². The van der Waals surface area contributed by atoms with Crippen molar-refractivity contribution in [1.82, 2.24) is 5.32 Å². The number of rotatable bonds is 5. The normalized spacial score (nSPS) is 12.1. The highest BCUT2D eigenvalue weighted by atomic mass is 16.2. The summed E-state index contributed by atoms with van der Waals surface area (Å²) in [7, 11) is 0. The van der Waals surface area contributed by atoms with E-state index >= 15 is 0 Å². The van der Waals surface area contributed by atoms with Crippen LogP contribution in [0.25, 0.3) is 0 Å². The highest BCUT2D eigenvalue weighted by molar-refractivity contribution is 6.01. The number of nitrogens with one attached hydrogen (secondary N) is 2. The number of aryl methyl sites for hydroxylation is 1. The quantitative estimate of drug-likeness (QED) is 0.459. The first-order valence-electron chi connectivity index (χ1n) is 6.04. The van der Waals surface area contributed by atoms with E-state index in [0.717, 1.165) is 5.56 Å². The number of hydrogen-bond donors (Lipinski definition) is 4. The van der Waals surface area contributed by atoms with Crippen LogP contribution in [-0.4, -0.2) is 17.9 Å². The second-order valence-electron chi connectivity index (χ2n) is 4.79. The summed E-state index contributed by atoms with van der Waals surface area (Å²) in [5.41, 5.74) is 9.53. The summed E-state index contributed by atoms with van der Waals surface area (Å²) in [5.74, 6) is 4.35. The molecule has 0 aromatic heterocycles. The molecule has 0 aliphatic heterocycles. The summed E-state index contributed by atoms with van der Waals surface area (Å²) in [6.07, 6.45) is 0. The van der Waals surface area contributed by atoms with Crippen LogP contribution in [0.4, 0.5) is 5.69 Å². The van der Waals surface area contributed by atoms with Crippen molar-refractivity contribution in [3.05, 3.63) is 29.3 Å². The first-order chi connectivity index (χ1) is 8.86. The maximum absolute atomic E-state index is 12.2. The molecule has 6 heteroatoms. The average Bonchev–Trinajstić information content (AvgIpc) is 2.34. The lowest BCUT2D eigenvalue weighted by molar-refractivity contribution is -0.120. The van der Waals surface area contributed by atoms with Gasteiger partial charge in [0.2, 0.25) is 5.91 Å². The molecular formula is C13H20N4O2. The van der Waals surface area contributed by atoms with Crippen LogP contribution in [0.2, 0.25) is 0 Å². The van der Waals surface area contributed by atoms with E-state index < -0.39 is 11.9 Å². The largest absolute Gasteiger partial charge is 0.368 e. The molecule has 0 fully saturated rings. The van der Waals surface area contributed by atoms with Gasteiger partial charge in [-0.2, -0.15) is 0 Å². The smallest absolute Gasteiger partial charge is 0.254 e. The first-order valence-corrected chi connectivity index (χ1v) is 6.04. The minimum absolute atomic E-state index is 0.0828. The van der Waals surface area contributed by atoms with E-state index in [9.17, 15) is 9.59 Å². The predicted molar refractivity (Wildman–Crippen MR) is 74.3 cm³/mol. The second kappa shape index (κ2) is 6.19. The number of hydrogen-bond acceptors (Lipinski definition) is 4. The fourth-order valence-corrected chi connectivity index (χ4v) is 1.76. The fourth-order valence-electron chi connectivity index (χ4n) is 1.76. The Balaban J connectivity index is 3.00. The van der Waals surface area contributed by atoms with Crippen LogP contribution in [0.3, 0.4) is 0 Å². The molecule has 1 atom stereocenters. The van der Waals surface area contributed by atoms with E-state index in [1.54, 1.807) is 12.1 Å². The maximum Gasteiger partial charge on any atom is 0.254 e. The van der Waals surface area contributed by atoms with Gasteiger partial charge in [-0.25, -0.2) is 0 Å². The Morgan fingerprint density at radius 2 is 1.89 bits per heavy atom. The molecule has 2 amide bonds. The van der Waals surface area contributed by atoms with E-state index in [1.807, 2.05) is 26.8 Å². The van der Waals surface area contributed by atoms with Crippen molar-refractivity contribution in [2.75, 3.05) is 5.43 Å². The molecule has 6 N–H and O–H groups in total. The zero-order valence-electron chi connectivity index (χ0n) is 11.4. The van der Waals surface area contributed by atoms with Crippen LogP contribution < -0.4 is 22.3 Å². The molecule has 0 saturated heterocycles. The Kier molecular flexibility index (Phi) is 4.88. The Morgan fingerprint density at radius 1 is 1.26 bits per heavy atom. The van der Waals surface area contributed by atoms with E-state index in [1.165, 1.54) is 0 Å². The van der Waals surface area contributed by atoms with Gasteiger partial charge in [0.05, 0.1) is 11.3 Å². The van der Waals surface area contributed by atoms with Gasteiger partial charge in [0.15, 0.2) is 0 Å². The van der Waals surface area contributed by atoms with Crippen LogP contribution in [0.1, 0.15) is 29.8 Å². The van der Waals surface area contributed by atoms with Crippen LogP contribution in [0.15, 0.2) is 18.2 Å². The van der Waals surface area contributed by atoms with Crippen molar-refractivity contribution >= 4 is 17.5 Å². The number of amides is 2. The van der Waals surface area contributed by atoms with E-state index in [-0.39, 0.29) is 11.8 Å². The summed E-state index contributed by atoms with van der Waals surface area (Å²) >= 11 is 0. The standard InChI is InChI=1S/C13H20N4O2/c1-7(2)11(12(14)18)16-13(19)9-6-8(3)4-5-10(9)17-15/h4-7,11,17H,15H2,1-3H3,(H2,14,18)(H,16,19). The monoisotopic (exact) mass is 264 g/mol. The SMILES string of the molecule is Cc1ccc(NN)c(C(=O)NC(C(N)=O)C(C)C)c1. The highest BCUT2D eigenvalue weighted by Gasteiger charge is 2.23. The Bertz CT molecular complexity index is 486. The molecular weight excluding hydrogens is 244 g/mol. The number of carbonyl (C=O) groups excluding carboxylic acids is 2. The predicted octanol–water partition coefficient (Wildman–Crippen LogP) is 0.520. The van der Waals surface area contributed by atoms with Crippen molar-refractivity contribution in [3.63, 3.8) is 0 Å². The van der Waals surface area contributed by atoms with E-state index in [2.05, 4.69) is 10.7 Å². The van der Waals surface area contributed by atoms with Crippen LogP contribution >= 0.6 is 0 Å². The van der Waals surface area contributed by atoms with Gasteiger partial charge in [0.25, 0.3) is 5.91 Å². The van der Waals surface area contributed by atoms with Gasteiger partial charge < -0.3 is 16.5 Å². The first kappa shape index (κ1) is 15.0. The molecule has 104 valence electrons. The molecule has 0 bridgehead atoms. The third kappa shape index (κ3) is 3.69. The van der Waals surface area contributed by atoms with Crippen molar-refractivity contribution in [2.45, 2.75) is 26.8 Å². The molecule has 19 heavy (non-hydrogen) atoms. The van der Waals surface area contributed by atoms with Gasteiger partial charge in [-0.15, -0.1) is 0 Å². The molecule has 0 radical (unpaired) electrons. The molecule has 1 rings (SSSR count). The van der Waals surface area contributed by atoms with E-state index in [4.69, 9.17) is 11.6 Å². The Hall–Kier alpha value is -2.08. The minimum Gasteiger partial charge on any atom is -0.368 e. The molecule has 0 saturated carbocycles. The zero-order valence-corrected chi connectivity index (χ0v) is 11.4. The third-order valence-electron chi connectivity index (χ3n) is 2.83. The number of carbonyl (C=O) groups is 2. The van der Waals surface area contributed by atoms with Gasteiger partial charge in [-0.3, -0.25) is 15.4 Å². The van der Waals surface area contributed by atoms with Crippen LogP contribution in [0.5, 0.6) is 0 Å². The fraction of sp³-hybridized carbons (Fsp3) is 0.385. The minimum atomic E-state index is -0.710. The summed E-state index contributed by atoms with van der Waals surface area (Å²) in [6, 6.07) is 4.53. The lowest BCUT2D eigenvalue weighted by Crippen LogP contribution is -2.47. The third-order valence-corrected chi connectivity index (χ3v) is 2.83. The average molecular weight is 264 g/mol. The lowest BCUT2D eigenvalue weighted by Gasteiger charge is -2.20. The number of nitrogen functional groups attached to an aromatic ring is 1. The van der Waals surface area contributed by atoms with Gasteiger partial charge >= 0.3 is 0 Å². The second-order valence-corrected chi connectivity index (χ2v) is 4.79. The number of primary amides is 1. The molecule has 1 unspecified atom stereocenters. The molecule has 0 aliphatic carbocycles. The highest BCUT2D eigenvalue weighted by Crippen LogP contribution is 2.16. The number of hydrazine groups is 1. The van der Waals surface area contributed by atoms with Gasteiger partial charge in [-0.1, -0.05) is 25.5 Å². The van der Waals surface area contributed by atoms with Crippen LogP contribution in [0, 0.1) is 12.8 Å². The van der Waals surface area contributed by atoms with Crippen molar-refractivity contribution in [2.24, 2.45) is 17.5 Å². The molecule has 1 aromatic rings. The molecule has 0 spiro atoms. The zero-order chi connectivity index (χ0) is 14.6. The number of anilines is 1. The number of benzene rings is 1. The van der Waals surface area contributed by atoms with Gasteiger partial charge in [0.1, 0.15) is 6.04 Å². The molecule has 0 aliphatic rings. The lowest BCUT2D eigenvalue weighted by atomic mass is 10.0. The topological polar surface area (TPSA) is 110 Å². The van der Waals surface area contributed by atoms with Crippen LogP contribution in [-0.2, 0) is 4.79 Å². The maximum atomic E-state index is 12.2. The van der Waals surface area contributed by atoms with Gasteiger partial charge in [0, 0.05) is 0 Å². The Morgan fingerprint density at radius 3 is 2.37 bits per heavy atom. The molecule has 6 nitrogen and oxygen atoms in total. The summed E-state index contributed by atoms with van der Waals surface area (Å²) < 4.78 is 0. The molecule has 1 aromatic carbocycles. The van der Waals surface area contributed by atoms with Crippen molar-refractivity contribution < 1.29 is 9.59 Å². The Labute approximate surface area is 112 Å².